The number of hydrogen-bond donors (Lipinski definition) is 2. The summed E-state index contributed by atoms with van der Waals surface area (Å²) in [6.45, 7) is -0.823. The lowest BCUT2D eigenvalue weighted by Crippen LogP contribution is -2.41. The zero-order chi connectivity index (χ0) is 13.3. The Bertz CT molecular complexity index is 461. The van der Waals surface area contributed by atoms with E-state index < -0.39 is 49.9 Å². The molecule has 0 bridgehead atoms. The molecule has 1 fully saturated rings. The largest absolute Gasteiger partial charge is 0.386 e. The third-order valence-corrected chi connectivity index (χ3v) is 6.24. The van der Waals surface area contributed by atoms with Gasteiger partial charge in [0.25, 0.3) is 6.43 Å². The van der Waals surface area contributed by atoms with Crippen molar-refractivity contribution in [2.45, 2.75) is 24.2 Å². The molecule has 0 radical (unpaired) electrons. The molecule has 1 aliphatic heterocycles. The Balaban J connectivity index is 2.59. The minimum Gasteiger partial charge on any atom is -0.386 e. The Kier molecular flexibility index (Phi) is 4.44. The highest BCUT2D eigenvalue weighted by molar-refractivity contribution is 7.95. The molecule has 10 heteroatoms. The van der Waals surface area contributed by atoms with E-state index in [1.54, 1.807) is 4.72 Å². The summed E-state index contributed by atoms with van der Waals surface area (Å²) in [5.74, 6) is -0.733. The van der Waals surface area contributed by atoms with Gasteiger partial charge in [-0.15, -0.1) is 0 Å². The summed E-state index contributed by atoms with van der Waals surface area (Å²) in [5.41, 5.74) is 0. The standard InChI is InChI=1S/C7H13F2NO5S2/c8-7(9)6(11)3-10-17(14,15)5-1-2-16(12,13)4-5/h5-7,10-11H,1-4H2. The van der Waals surface area contributed by atoms with Gasteiger partial charge in [-0.3, -0.25) is 0 Å². The SMILES string of the molecule is O=S1(=O)CCC(S(=O)(=O)NCC(O)C(F)F)C1. The van der Waals surface area contributed by atoms with Gasteiger partial charge in [0.05, 0.1) is 16.8 Å². The van der Waals surface area contributed by atoms with Crippen molar-refractivity contribution in [2.75, 3.05) is 18.1 Å². The van der Waals surface area contributed by atoms with Gasteiger partial charge in [-0.05, 0) is 6.42 Å². The van der Waals surface area contributed by atoms with Gasteiger partial charge in [0.2, 0.25) is 10.0 Å². The predicted molar refractivity (Wildman–Crippen MR) is 56.0 cm³/mol. The maximum absolute atomic E-state index is 11.9. The van der Waals surface area contributed by atoms with E-state index in [0.717, 1.165) is 0 Å². The summed E-state index contributed by atoms with van der Waals surface area (Å²) in [7, 11) is -7.35. The molecule has 0 aromatic heterocycles. The van der Waals surface area contributed by atoms with Gasteiger partial charge in [-0.25, -0.2) is 30.3 Å². The Labute approximate surface area is 98.0 Å². The predicted octanol–water partition coefficient (Wildman–Crippen LogP) is -1.28. The van der Waals surface area contributed by atoms with Crippen LogP contribution in [0.4, 0.5) is 8.78 Å². The second-order valence-corrected chi connectivity index (χ2v) is 8.09. The minimum absolute atomic E-state index is 0.0531. The lowest BCUT2D eigenvalue weighted by atomic mass is 10.4. The second kappa shape index (κ2) is 5.12. The van der Waals surface area contributed by atoms with Gasteiger partial charge in [-0.2, -0.15) is 0 Å². The topological polar surface area (TPSA) is 101 Å². The molecule has 0 aromatic rings. The molecule has 1 rings (SSSR count). The van der Waals surface area contributed by atoms with Crippen molar-refractivity contribution < 1.29 is 30.7 Å². The fraction of sp³-hybridized carbons (Fsp3) is 1.00. The Morgan fingerprint density at radius 1 is 1.41 bits per heavy atom. The highest BCUT2D eigenvalue weighted by Gasteiger charge is 2.37. The molecule has 0 amide bonds. The number of sulfonamides is 1. The number of halogens is 2. The third kappa shape index (κ3) is 4.12. The van der Waals surface area contributed by atoms with E-state index in [2.05, 4.69) is 0 Å². The monoisotopic (exact) mass is 293 g/mol. The fourth-order valence-corrected chi connectivity index (χ4v) is 5.51. The molecule has 2 N–H and O–H groups in total. The van der Waals surface area contributed by atoms with E-state index in [-0.39, 0.29) is 12.2 Å². The van der Waals surface area contributed by atoms with Crippen molar-refractivity contribution in [1.29, 1.82) is 0 Å². The first-order valence-electron chi connectivity index (χ1n) is 4.79. The molecule has 2 unspecified atom stereocenters. The normalized spacial score (nSPS) is 26.2. The molecule has 17 heavy (non-hydrogen) atoms. The first-order chi connectivity index (χ1) is 7.64. The van der Waals surface area contributed by atoms with Crippen molar-refractivity contribution >= 4 is 19.9 Å². The van der Waals surface area contributed by atoms with Gasteiger partial charge in [0, 0.05) is 6.54 Å². The van der Waals surface area contributed by atoms with Crippen LogP contribution in [0.1, 0.15) is 6.42 Å². The van der Waals surface area contributed by atoms with Crippen LogP contribution in [0.2, 0.25) is 0 Å². The fourth-order valence-electron chi connectivity index (χ4n) is 1.41. The van der Waals surface area contributed by atoms with E-state index in [9.17, 15) is 25.6 Å². The number of nitrogens with one attached hydrogen (secondary N) is 1. The van der Waals surface area contributed by atoms with E-state index in [1.807, 2.05) is 0 Å². The Hall–Kier alpha value is -0.320. The van der Waals surface area contributed by atoms with Crippen molar-refractivity contribution in [3.05, 3.63) is 0 Å². The highest BCUT2D eigenvalue weighted by atomic mass is 32.2. The van der Waals surface area contributed by atoms with E-state index >= 15 is 0 Å². The van der Waals surface area contributed by atoms with Crippen LogP contribution in [-0.4, -0.2) is 57.8 Å². The quantitative estimate of drug-likeness (QED) is 0.657. The van der Waals surface area contributed by atoms with Crippen LogP contribution in [0, 0.1) is 0 Å². The van der Waals surface area contributed by atoms with Gasteiger partial charge in [-0.1, -0.05) is 0 Å². The number of aliphatic hydroxyl groups excluding tert-OH is 1. The van der Waals surface area contributed by atoms with Gasteiger partial charge in [0.1, 0.15) is 6.10 Å². The Morgan fingerprint density at radius 2 is 2.00 bits per heavy atom. The van der Waals surface area contributed by atoms with Crippen molar-refractivity contribution in [1.82, 2.24) is 4.72 Å². The van der Waals surface area contributed by atoms with E-state index in [1.165, 1.54) is 0 Å². The van der Waals surface area contributed by atoms with Crippen LogP contribution < -0.4 is 4.72 Å². The number of hydrogen-bond acceptors (Lipinski definition) is 5. The smallest absolute Gasteiger partial charge is 0.265 e. The van der Waals surface area contributed by atoms with Crippen LogP contribution in [0.3, 0.4) is 0 Å². The van der Waals surface area contributed by atoms with Gasteiger partial charge in [0.15, 0.2) is 9.84 Å². The molecule has 102 valence electrons. The zero-order valence-corrected chi connectivity index (χ0v) is 10.3. The summed E-state index contributed by atoms with van der Waals surface area (Å²) in [5, 5.41) is 7.61. The average Bonchev–Trinajstić information content (AvgIpc) is 2.56. The summed E-state index contributed by atoms with van der Waals surface area (Å²) in [6, 6.07) is 0. The molecule has 0 aromatic carbocycles. The lowest BCUT2D eigenvalue weighted by Gasteiger charge is -2.14. The van der Waals surface area contributed by atoms with Crippen LogP contribution in [0.15, 0.2) is 0 Å². The maximum Gasteiger partial charge on any atom is 0.265 e. The minimum atomic E-state index is -3.98. The molecule has 0 aliphatic carbocycles. The van der Waals surface area contributed by atoms with Gasteiger partial charge < -0.3 is 5.11 Å². The second-order valence-electron chi connectivity index (χ2n) is 3.82. The highest BCUT2D eigenvalue weighted by Crippen LogP contribution is 2.18. The van der Waals surface area contributed by atoms with E-state index in [4.69, 9.17) is 5.11 Å². The third-order valence-electron chi connectivity index (χ3n) is 2.41. The van der Waals surface area contributed by atoms with Crippen LogP contribution in [0.5, 0.6) is 0 Å². The summed E-state index contributed by atoms with van der Waals surface area (Å²) >= 11 is 0. The number of aliphatic hydroxyl groups is 1. The molecular formula is C7H13F2NO5S2. The van der Waals surface area contributed by atoms with Crippen molar-refractivity contribution in [3.8, 4) is 0 Å². The molecule has 2 atom stereocenters. The van der Waals surface area contributed by atoms with Crippen molar-refractivity contribution in [3.63, 3.8) is 0 Å². The van der Waals surface area contributed by atoms with E-state index in [0.29, 0.717) is 0 Å². The molecule has 0 saturated carbocycles. The number of alkyl halides is 2. The first kappa shape index (κ1) is 14.7. The first-order valence-corrected chi connectivity index (χ1v) is 8.16. The Morgan fingerprint density at radius 3 is 2.41 bits per heavy atom. The maximum atomic E-state index is 11.9. The molecule has 1 saturated heterocycles. The zero-order valence-electron chi connectivity index (χ0n) is 8.71. The number of rotatable bonds is 5. The molecule has 1 aliphatic rings. The average molecular weight is 293 g/mol. The molecular weight excluding hydrogens is 280 g/mol. The van der Waals surface area contributed by atoms with Crippen molar-refractivity contribution in [2.24, 2.45) is 0 Å². The molecule has 0 spiro atoms. The molecule has 6 nitrogen and oxygen atoms in total. The summed E-state index contributed by atoms with van der Waals surface area (Å²) < 4.78 is 70.8. The van der Waals surface area contributed by atoms with Crippen LogP contribution in [0.25, 0.3) is 0 Å². The summed E-state index contributed by atoms with van der Waals surface area (Å²) in [6.07, 6.45) is -5.20. The molecule has 1 heterocycles. The van der Waals surface area contributed by atoms with Crippen LogP contribution >= 0.6 is 0 Å². The number of sulfone groups is 1. The summed E-state index contributed by atoms with van der Waals surface area (Å²) in [4.78, 5) is 0. The lowest BCUT2D eigenvalue weighted by molar-refractivity contribution is -0.000474. The van der Waals surface area contributed by atoms with Crippen LogP contribution in [-0.2, 0) is 19.9 Å². The van der Waals surface area contributed by atoms with Gasteiger partial charge >= 0.3 is 0 Å².